The van der Waals surface area contributed by atoms with E-state index in [-0.39, 0.29) is 0 Å². The minimum atomic E-state index is -1.26. The molecule has 0 aliphatic rings. The molecule has 0 aliphatic heterocycles. The number of unbranched alkanes of at least 4 members (excludes halogenated alkanes) is 1. The summed E-state index contributed by atoms with van der Waals surface area (Å²) in [6.07, 6.45) is 7.88. The Hall–Kier alpha value is -1.58. The van der Waals surface area contributed by atoms with Crippen LogP contribution < -0.4 is 0 Å². The summed E-state index contributed by atoms with van der Waals surface area (Å²) in [5, 5.41) is 15.6. The predicted molar refractivity (Wildman–Crippen MR) is 54.1 cm³/mol. The second-order valence-corrected chi connectivity index (χ2v) is 2.37. The highest BCUT2D eigenvalue weighted by Gasteiger charge is 1.88. The van der Waals surface area contributed by atoms with Gasteiger partial charge in [0.15, 0.2) is 0 Å². The summed E-state index contributed by atoms with van der Waals surface area (Å²) in [5.41, 5.74) is 0. The zero-order chi connectivity index (χ0) is 11.4. The Kier molecular flexibility index (Phi) is 12.2. The molecule has 0 aliphatic carbocycles. The molecular formula is C10H16O4. The molecule has 0 unspecified atom stereocenters. The van der Waals surface area contributed by atoms with E-state index in [0.29, 0.717) is 12.2 Å². The maximum atomic E-state index is 9.55. The molecular weight excluding hydrogens is 184 g/mol. The van der Waals surface area contributed by atoms with E-state index in [1.165, 1.54) is 12.8 Å². The van der Waals surface area contributed by atoms with Gasteiger partial charge in [-0.25, -0.2) is 9.59 Å². The summed E-state index contributed by atoms with van der Waals surface area (Å²) < 4.78 is 0. The Morgan fingerprint density at radius 1 is 1.14 bits per heavy atom. The zero-order valence-corrected chi connectivity index (χ0v) is 8.43. The van der Waals surface area contributed by atoms with Crippen molar-refractivity contribution in [2.45, 2.75) is 26.7 Å². The fraction of sp³-hybridized carbons (Fsp3) is 0.400. The van der Waals surface area contributed by atoms with E-state index in [2.05, 4.69) is 26.0 Å². The molecule has 0 amide bonds. The quantitative estimate of drug-likeness (QED) is 0.538. The van der Waals surface area contributed by atoms with Gasteiger partial charge in [-0.1, -0.05) is 25.5 Å². The highest BCUT2D eigenvalue weighted by Crippen LogP contribution is 1.85. The Morgan fingerprint density at radius 2 is 1.57 bits per heavy atom. The van der Waals surface area contributed by atoms with Crippen LogP contribution in [0.3, 0.4) is 0 Å². The highest BCUT2D eigenvalue weighted by atomic mass is 16.4. The van der Waals surface area contributed by atoms with Crippen molar-refractivity contribution >= 4 is 11.9 Å². The van der Waals surface area contributed by atoms with Crippen LogP contribution in [0, 0.1) is 0 Å². The number of hydrogen-bond donors (Lipinski definition) is 2. The summed E-state index contributed by atoms with van der Waals surface area (Å²) in [4.78, 5) is 19.1. The zero-order valence-electron chi connectivity index (χ0n) is 8.43. The van der Waals surface area contributed by atoms with Crippen molar-refractivity contribution in [1.29, 1.82) is 0 Å². The van der Waals surface area contributed by atoms with Crippen LogP contribution in [0.5, 0.6) is 0 Å². The molecule has 80 valence electrons. The van der Waals surface area contributed by atoms with Crippen LogP contribution in [0.1, 0.15) is 26.7 Å². The molecule has 0 radical (unpaired) electrons. The first-order valence-corrected chi connectivity index (χ1v) is 4.29. The lowest BCUT2D eigenvalue weighted by Crippen LogP contribution is -1.91. The van der Waals surface area contributed by atoms with Crippen molar-refractivity contribution < 1.29 is 19.8 Å². The van der Waals surface area contributed by atoms with Gasteiger partial charge in [0.25, 0.3) is 0 Å². The minimum Gasteiger partial charge on any atom is -0.478 e. The van der Waals surface area contributed by atoms with Gasteiger partial charge in [-0.2, -0.15) is 0 Å². The number of rotatable bonds is 4. The summed E-state index contributed by atoms with van der Waals surface area (Å²) in [5.74, 6) is -2.51. The second kappa shape index (κ2) is 11.4. The standard InChI is InChI=1S/C6H12.C4H4O4/c1-3-5-6-4-2;5-3(6)1-2-4(7)8/h3,5H,4,6H2,1-2H3;1-2H,(H,5,6)(H,7,8)/b;2-1-. The maximum absolute atomic E-state index is 9.55. The fourth-order valence-electron chi connectivity index (χ4n) is 0.476. The van der Waals surface area contributed by atoms with Gasteiger partial charge in [0, 0.05) is 12.2 Å². The number of carbonyl (C=O) groups is 2. The van der Waals surface area contributed by atoms with Gasteiger partial charge in [-0.15, -0.1) is 0 Å². The molecule has 0 saturated heterocycles. The van der Waals surface area contributed by atoms with Crippen LogP contribution >= 0.6 is 0 Å². The van der Waals surface area contributed by atoms with Gasteiger partial charge in [-0.3, -0.25) is 0 Å². The van der Waals surface area contributed by atoms with E-state index >= 15 is 0 Å². The molecule has 2 N–H and O–H groups in total. The van der Waals surface area contributed by atoms with Crippen LogP contribution in [-0.4, -0.2) is 22.2 Å². The monoisotopic (exact) mass is 200 g/mol. The van der Waals surface area contributed by atoms with E-state index in [0.717, 1.165) is 0 Å². The number of carboxylic acid groups (broad SMARTS) is 2. The molecule has 0 aromatic rings. The number of hydrogen-bond acceptors (Lipinski definition) is 2. The average Bonchev–Trinajstić information content (AvgIpc) is 2.12. The van der Waals surface area contributed by atoms with E-state index in [1.807, 2.05) is 0 Å². The van der Waals surface area contributed by atoms with E-state index in [9.17, 15) is 9.59 Å². The highest BCUT2D eigenvalue weighted by molar-refractivity contribution is 5.89. The SMILES string of the molecule is CC=CCCC.O=C(O)/C=C\C(=O)O. The third-order valence-electron chi connectivity index (χ3n) is 1.06. The number of carboxylic acids is 2. The molecule has 4 heteroatoms. The molecule has 0 rings (SSSR count). The van der Waals surface area contributed by atoms with Crippen molar-refractivity contribution in [3.05, 3.63) is 24.3 Å². The summed E-state index contributed by atoms with van der Waals surface area (Å²) >= 11 is 0. The first-order valence-electron chi connectivity index (χ1n) is 4.29. The Labute approximate surface area is 83.6 Å². The lowest BCUT2D eigenvalue weighted by Gasteiger charge is -1.76. The van der Waals surface area contributed by atoms with E-state index < -0.39 is 11.9 Å². The lowest BCUT2D eigenvalue weighted by molar-refractivity contribution is -0.134. The van der Waals surface area contributed by atoms with Crippen LogP contribution in [0.25, 0.3) is 0 Å². The molecule has 4 nitrogen and oxygen atoms in total. The number of aliphatic carboxylic acids is 2. The summed E-state index contributed by atoms with van der Waals surface area (Å²) in [7, 11) is 0. The topological polar surface area (TPSA) is 74.6 Å². The van der Waals surface area contributed by atoms with Gasteiger partial charge < -0.3 is 10.2 Å². The molecule has 0 heterocycles. The molecule has 0 aromatic heterocycles. The molecule has 0 atom stereocenters. The fourth-order valence-corrected chi connectivity index (χ4v) is 0.476. The molecule has 0 spiro atoms. The molecule has 0 bridgehead atoms. The van der Waals surface area contributed by atoms with Gasteiger partial charge in [0.2, 0.25) is 0 Å². The van der Waals surface area contributed by atoms with Crippen LogP contribution in [0.2, 0.25) is 0 Å². The van der Waals surface area contributed by atoms with Gasteiger partial charge in [0.1, 0.15) is 0 Å². The van der Waals surface area contributed by atoms with Crippen molar-refractivity contribution in [2.75, 3.05) is 0 Å². The smallest absolute Gasteiger partial charge is 0.328 e. The first kappa shape index (κ1) is 14.9. The van der Waals surface area contributed by atoms with Crippen molar-refractivity contribution in [2.24, 2.45) is 0 Å². The normalized spacial score (nSPS) is 9.86. The molecule has 0 fully saturated rings. The second-order valence-electron chi connectivity index (χ2n) is 2.37. The van der Waals surface area contributed by atoms with Crippen LogP contribution in [0.4, 0.5) is 0 Å². The first-order chi connectivity index (χ1) is 6.54. The third kappa shape index (κ3) is 22.4. The predicted octanol–water partition coefficient (Wildman–Crippen LogP) is 2.07. The van der Waals surface area contributed by atoms with Crippen molar-refractivity contribution in [3.8, 4) is 0 Å². The van der Waals surface area contributed by atoms with Crippen LogP contribution in [0.15, 0.2) is 24.3 Å². The van der Waals surface area contributed by atoms with Crippen molar-refractivity contribution in [1.82, 2.24) is 0 Å². The van der Waals surface area contributed by atoms with Gasteiger partial charge in [-0.05, 0) is 13.3 Å². The van der Waals surface area contributed by atoms with E-state index in [4.69, 9.17) is 10.2 Å². The number of allylic oxidation sites excluding steroid dienone is 2. The Morgan fingerprint density at radius 3 is 1.71 bits per heavy atom. The van der Waals surface area contributed by atoms with Gasteiger partial charge in [0.05, 0.1) is 0 Å². The largest absolute Gasteiger partial charge is 0.478 e. The maximum Gasteiger partial charge on any atom is 0.328 e. The molecule has 0 saturated carbocycles. The summed E-state index contributed by atoms with van der Waals surface area (Å²) in [6, 6.07) is 0. The minimum absolute atomic E-state index is 0.558. The lowest BCUT2D eigenvalue weighted by atomic mass is 10.3. The Balaban J connectivity index is 0. The third-order valence-corrected chi connectivity index (χ3v) is 1.06. The molecule has 14 heavy (non-hydrogen) atoms. The van der Waals surface area contributed by atoms with E-state index in [1.54, 1.807) is 0 Å². The molecule has 0 aromatic carbocycles. The van der Waals surface area contributed by atoms with Crippen LogP contribution in [-0.2, 0) is 9.59 Å². The van der Waals surface area contributed by atoms with Gasteiger partial charge >= 0.3 is 11.9 Å². The Bertz CT molecular complexity index is 200. The average molecular weight is 200 g/mol. The van der Waals surface area contributed by atoms with Crippen molar-refractivity contribution in [3.63, 3.8) is 0 Å². The summed E-state index contributed by atoms with van der Waals surface area (Å²) in [6.45, 7) is 4.23.